The largest absolute Gasteiger partial charge is 0.507 e. The predicted molar refractivity (Wildman–Crippen MR) is 90.8 cm³/mol. The number of aromatic hydroxyl groups is 1. The monoisotopic (exact) mass is 306 g/mol. The summed E-state index contributed by atoms with van der Waals surface area (Å²) in [6, 6.07) is 19.6. The molecule has 0 radical (unpaired) electrons. The first-order valence-corrected chi connectivity index (χ1v) is 7.56. The number of benzene rings is 3. The Morgan fingerprint density at radius 3 is 2.39 bits per heavy atom. The first-order valence-electron chi connectivity index (χ1n) is 7.56. The Morgan fingerprint density at radius 2 is 1.57 bits per heavy atom. The molecule has 1 N–H and O–H groups in total. The summed E-state index contributed by atoms with van der Waals surface area (Å²) < 4.78 is 4.78. The molecule has 0 saturated carbocycles. The van der Waals surface area contributed by atoms with Gasteiger partial charge in [-0.05, 0) is 40.8 Å². The Balaban J connectivity index is 1.92. The average molecular weight is 306 g/mol. The molecule has 0 unspecified atom stereocenters. The molecule has 0 saturated heterocycles. The lowest BCUT2D eigenvalue weighted by molar-refractivity contribution is 0.0596. The van der Waals surface area contributed by atoms with E-state index in [0.29, 0.717) is 6.42 Å². The Bertz CT molecular complexity index is 847. The quantitative estimate of drug-likeness (QED) is 0.738. The Labute approximate surface area is 135 Å². The van der Waals surface area contributed by atoms with Crippen LogP contribution in [-0.2, 0) is 17.6 Å². The highest BCUT2D eigenvalue weighted by molar-refractivity contribution is 5.94. The van der Waals surface area contributed by atoms with Gasteiger partial charge in [-0.25, -0.2) is 4.79 Å². The van der Waals surface area contributed by atoms with Gasteiger partial charge in [0.15, 0.2) is 0 Å². The molecule has 0 heterocycles. The zero-order chi connectivity index (χ0) is 16.2. The van der Waals surface area contributed by atoms with Crippen molar-refractivity contribution in [3.8, 4) is 5.75 Å². The lowest BCUT2D eigenvalue weighted by Gasteiger charge is -2.11. The molecule has 23 heavy (non-hydrogen) atoms. The third kappa shape index (κ3) is 3.04. The molecule has 0 spiro atoms. The summed E-state index contributed by atoms with van der Waals surface area (Å²) >= 11 is 0. The van der Waals surface area contributed by atoms with E-state index in [-0.39, 0.29) is 11.3 Å². The van der Waals surface area contributed by atoms with Crippen LogP contribution in [0, 0.1) is 0 Å². The zero-order valence-corrected chi connectivity index (χ0v) is 13.0. The molecule has 3 aromatic rings. The van der Waals surface area contributed by atoms with E-state index in [9.17, 15) is 9.90 Å². The molecule has 3 nitrogen and oxygen atoms in total. The lowest BCUT2D eigenvalue weighted by Crippen LogP contribution is -2.07. The number of hydrogen-bond donors (Lipinski definition) is 1. The molecule has 3 aromatic carbocycles. The number of carbonyl (C=O) groups is 1. The molecule has 0 amide bonds. The van der Waals surface area contributed by atoms with Gasteiger partial charge in [0.05, 0.1) is 7.11 Å². The number of rotatable bonds is 4. The van der Waals surface area contributed by atoms with Crippen molar-refractivity contribution in [1.29, 1.82) is 0 Å². The molecule has 0 aliphatic rings. The highest BCUT2D eigenvalue weighted by atomic mass is 16.5. The third-order valence-electron chi connectivity index (χ3n) is 4.06. The summed E-state index contributed by atoms with van der Waals surface area (Å²) in [7, 11) is 1.32. The number of aryl methyl sites for hydroxylation is 2. The summed E-state index contributed by atoms with van der Waals surface area (Å²) in [5.41, 5.74) is 2.28. The number of fused-ring (bicyclic) bond motifs is 1. The van der Waals surface area contributed by atoms with Crippen LogP contribution < -0.4 is 0 Å². The van der Waals surface area contributed by atoms with Gasteiger partial charge in [-0.2, -0.15) is 0 Å². The second-order valence-corrected chi connectivity index (χ2v) is 5.44. The lowest BCUT2D eigenvalue weighted by atomic mass is 9.96. The minimum absolute atomic E-state index is 0.0349. The van der Waals surface area contributed by atoms with E-state index in [4.69, 9.17) is 4.74 Å². The number of phenolic OH excluding ortho intramolecular Hbond substituents is 1. The predicted octanol–water partition coefficient (Wildman–Crippen LogP) is 4.12. The van der Waals surface area contributed by atoms with Gasteiger partial charge in [0.1, 0.15) is 11.3 Å². The third-order valence-corrected chi connectivity index (χ3v) is 4.06. The Kier molecular flexibility index (Phi) is 4.29. The maximum atomic E-state index is 11.9. The Hall–Kier alpha value is -2.81. The number of hydrogen-bond acceptors (Lipinski definition) is 3. The van der Waals surface area contributed by atoms with Gasteiger partial charge in [0.25, 0.3) is 0 Å². The van der Waals surface area contributed by atoms with Crippen LogP contribution in [0.15, 0.2) is 60.7 Å². The molecule has 0 aliphatic heterocycles. The highest BCUT2D eigenvalue weighted by Crippen LogP contribution is 2.25. The van der Waals surface area contributed by atoms with Crippen LogP contribution >= 0.6 is 0 Å². The number of esters is 1. The van der Waals surface area contributed by atoms with Crippen LogP contribution in [-0.4, -0.2) is 18.2 Å². The van der Waals surface area contributed by atoms with Crippen LogP contribution in [0.2, 0.25) is 0 Å². The van der Waals surface area contributed by atoms with Crippen LogP contribution in [0.4, 0.5) is 0 Å². The molecule has 116 valence electrons. The van der Waals surface area contributed by atoms with Crippen molar-refractivity contribution in [2.24, 2.45) is 0 Å². The molecule has 0 fully saturated rings. The van der Waals surface area contributed by atoms with Crippen LogP contribution in [0.25, 0.3) is 10.8 Å². The van der Waals surface area contributed by atoms with Gasteiger partial charge in [0.2, 0.25) is 0 Å². The normalized spacial score (nSPS) is 10.7. The van der Waals surface area contributed by atoms with E-state index < -0.39 is 5.97 Å². The van der Waals surface area contributed by atoms with E-state index >= 15 is 0 Å². The standard InChI is InChI=1S/C20H18O3/c1-23-20(22)19-16(9-5-11-18(19)21)13-12-15-8-4-7-14-6-2-3-10-17(14)15/h2-11,21H,12-13H2,1H3. The summed E-state index contributed by atoms with van der Waals surface area (Å²) in [5, 5.41) is 12.4. The van der Waals surface area contributed by atoms with Crippen molar-refractivity contribution >= 4 is 16.7 Å². The van der Waals surface area contributed by atoms with Crippen molar-refractivity contribution in [1.82, 2.24) is 0 Å². The molecule has 0 aliphatic carbocycles. The number of ether oxygens (including phenoxy) is 1. The summed E-state index contributed by atoms with van der Waals surface area (Å²) in [5.74, 6) is -0.539. The number of methoxy groups -OCH3 is 1. The van der Waals surface area contributed by atoms with Gasteiger partial charge < -0.3 is 9.84 Å². The molecule has 3 heteroatoms. The smallest absolute Gasteiger partial charge is 0.341 e. The molecule has 3 rings (SSSR count). The second kappa shape index (κ2) is 6.53. The highest BCUT2D eigenvalue weighted by Gasteiger charge is 2.16. The van der Waals surface area contributed by atoms with Gasteiger partial charge in [-0.1, -0.05) is 54.6 Å². The second-order valence-electron chi connectivity index (χ2n) is 5.44. The SMILES string of the molecule is COC(=O)c1c(O)cccc1CCc1cccc2ccccc12. The molecular weight excluding hydrogens is 288 g/mol. The van der Waals surface area contributed by atoms with Crippen molar-refractivity contribution in [2.45, 2.75) is 12.8 Å². The fraction of sp³-hybridized carbons (Fsp3) is 0.150. The van der Waals surface area contributed by atoms with Gasteiger partial charge in [0, 0.05) is 0 Å². The number of phenols is 1. The summed E-state index contributed by atoms with van der Waals surface area (Å²) in [4.78, 5) is 11.9. The fourth-order valence-electron chi connectivity index (χ4n) is 2.91. The maximum Gasteiger partial charge on any atom is 0.341 e. The van der Waals surface area contributed by atoms with Crippen molar-refractivity contribution in [2.75, 3.05) is 7.11 Å². The molecular formula is C20H18O3. The average Bonchev–Trinajstić information content (AvgIpc) is 2.59. The van der Waals surface area contributed by atoms with E-state index in [0.717, 1.165) is 12.0 Å². The van der Waals surface area contributed by atoms with Crippen LogP contribution in [0.1, 0.15) is 21.5 Å². The van der Waals surface area contributed by atoms with E-state index in [1.807, 2.05) is 24.3 Å². The minimum Gasteiger partial charge on any atom is -0.507 e. The maximum absolute atomic E-state index is 11.9. The van der Waals surface area contributed by atoms with Crippen molar-refractivity contribution in [3.63, 3.8) is 0 Å². The summed E-state index contributed by atoms with van der Waals surface area (Å²) in [6.07, 6.45) is 1.45. The van der Waals surface area contributed by atoms with Crippen LogP contribution in [0.5, 0.6) is 5.75 Å². The molecule has 0 atom stereocenters. The molecule has 0 aromatic heterocycles. The summed E-state index contributed by atoms with van der Waals surface area (Å²) in [6.45, 7) is 0. The van der Waals surface area contributed by atoms with Gasteiger partial charge in [-0.15, -0.1) is 0 Å². The van der Waals surface area contributed by atoms with E-state index in [2.05, 4.69) is 24.3 Å². The van der Waals surface area contributed by atoms with Gasteiger partial charge in [-0.3, -0.25) is 0 Å². The first-order chi connectivity index (χ1) is 11.2. The van der Waals surface area contributed by atoms with E-state index in [1.54, 1.807) is 6.07 Å². The number of carbonyl (C=O) groups excluding carboxylic acids is 1. The zero-order valence-electron chi connectivity index (χ0n) is 13.0. The van der Waals surface area contributed by atoms with E-state index in [1.165, 1.54) is 29.5 Å². The van der Waals surface area contributed by atoms with Crippen molar-refractivity contribution < 1.29 is 14.6 Å². The van der Waals surface area contributed by atoms with Gasteiger partial charge >= 0.3 is 5.97 Å². The minimum atomic E-state index is -0.504. The van der Waals surface area contributed by atoms with Crippen LogP contribution in [0.3, 0.4) is 0 Å². The fourth-order valence-corrected chi connectivity index (χ4v) is 2.91. The Morgan fingerprint density at radius 1 is 0.913 bits per heavy atom. The molecule has 0 bridgehead atoms. The topological polar surface area (TPSA) is 46.5 Å². The van der Waals surface area contributed by atoms with Crippen molar-refractivity contribution in [3.05, 3.63) is 77.4 Å². The first kappa shape index (κ1) is 15.1.